The maximum absolute atomic E-state index is 15.2. The van der Waals surface area contributed by atoms with Gasteiger partial charge in [0.1, 0.15) is 0 Å². The van der Waals surface area contributed by atoms with E-state index in [1.54, 1.807) is 6.20 Å². The minimum Gasteiger partial charge on any atom is -0.405 e. The summed E-state index contributed by atoms with van der Waals surface area (Å²) < 4.78 is 36.7. The molecular weight excluding hydrogens is 518 g/mol. The molecule has 1 aliphatic heterocycles. The molecule has 1 aliphatic rings. The fraction of sp³-hybridized carbons (Fsp3) is 0.280. The van der Waals surface area contributed by atoms with Crippen molar-refractivity contribution in [2.75, 3.05) is 13.2 Å². The van der Waals surface area contributed by atoms with Crippen LogP contribution in [0.5, 0.6) is 0 Å². The minimum absolute atomic E-state index is 0.114. The third kappa shape index (κ3) is 4.83. The van der Waals surface area contributed by atoms with Gasteiger partial charge in [0.15, 0.2) is 0 Å². The Labute approximate surface area is 207 Å². The summed E-state index contributed by atoms with van der Waals surface area (Å²) in [6.07, 6.45) is 4.18. The summed E-state index contributed by atoms with van der Waals surface area (Å²) in [5.74, 6) is -3.01. The normalized spacial score (nSPS) is 18.8. The molecule has 2 atom stereocenters. The molecule has 1 N–H and O–H groups in total. The van der Waals surface area contributed by atoms with Crippen molar-refractivity contribution in [1.82, 2.24) is 20.1 Å². The summed E-state index contributed by atoms with van der Waals surface area (Å²) in [5, 5.41) is 9.13. The number of nitrogens with one attached hydrogen (secondary N) is 1. The van der Waals surface area contributed by atoms with Crippen molar-refractivity contribution in [3.05, 3.63) is 88.3 Å². The van der Waals surface area contributed by atoms with E-state index in [9.17, 15) is 0 Å². The zero-order chi connectivity index (χ0) is 23.7. The van der Waals surface area contributed by atoms with Crippen LogP contribution in [0, 0.1) is 0 Å². The Bertz CT molecular complexity index is 1270. The first kappa shape index (κ1) is 23.3. The van der Waals surface area contributed by atoms with E-state index < -0.39 is 25.1 Å². The predicted molar refractivity (Wildman–Crippen MR) is 132 cm³/mol. The Morgan fingerprint density at radius 1 is 1.15 bits per heavy atom. The lowest BCUT2D eigenvalue weighted by atomic mass is 9.85. The van der Waals surface area contributed by atoms with E-state index >= 15 is 8.78 Å². The average Bonchev–Trinajstić information content (AvgIpc) is 3.30. The number of halogens is 3. The number of nitrogens with zero attached hydrogens (tertiary/aromatic N) is 3. The number of aromatic amines is 1. The standard InChI is InChI=1S/C25H23BrF2N4OSi/c1-16-11-20-19(8-10-22-21(20)13-30-31-22)24(23-9-7-17(26)12-29-23)32(16)14-25(27,28)15-33-34-18-5-3-2-4-6-18/h2-10,12-13,16,24H,11,14-15H2,1H3,(H,30,31)/t16-,24+/m1/s1. The first-order valence-corrected chi connectivity index (χ1v) is 12.7. The molecule has 2 aromatic carbocycles. The van der Waals surface area contributed by atoms with Gasteiger partial charge in [0.25, 0.3) is 15.7 Å². The van der Waals surface area contributed by atoms with Crippen LogP contribution in [0.1, 0.15) is 29.8 Å². The highest BCUT2D eigenvalue weighted by Gasteiger charge is 2.41. The number of hydrogen-bond acceptors (Lipinski definition) is 4. The second-order valence-electron chi connectivity index (χ2n) is 8.61. The maximum atomic E-state index is 15.2. The van der Waals surface area contributed by atoms with Crippen LogP contribution >= 0.6 is 15.9 Å². The molecule has 34 heavy (non-hydrogen) atoms. The molecular formula is C25H23BrF2N4OSi. The quantitative estimate of drug-likeness (QED) is 0.346. The highest BCUT2D eigenvalue weighted by molar-refractivity contribution is 9.10. The van der Waals surface area contributed by atoms with E-state index in [0.29, 0.717) is 6.42 Å². The molecule has 0 aliphatic carbocycles. The molecule has 0 saturated heterocycles. The van der Waals surface area contributed by atoms with Crippen molar-refractivity contribution in [3.8, 4) is 0 Å². The molecule has 5 nitrogen and oxygen atoms in total. The van der Waals surface area contributed by atoms with Gasteiger partial charge in [-0.1, -0.05) is 36.4 Å². The van der Waals surface area contributed by atoms with E-state index in [2.05, 4.69) is 31.1 Å². The zero-order valence-corrected chi connectivity index (χ0v) is 21.1. The van der Waals surface area contributed by atoms with Crippen molar-refractivity contribution in [2.24, 2.45) is 0 Å². The SMILES string of the molecule is C[C@@H]1Cc2c(ccc3[nH]ncc23)[C@@H](c2ccc(Br)cn2)N1CC(F)(F)CO[Si]c1ccccc1. The molecule has 2 aromatic heterocycles. The topological polar surface area (TPSA) is 54.0 Å². The fourth-order valence-corrected chi connectivity index (χ4v) is 5.61. The highest BCUT2D eigenvalue weighted by Crippen LogP contribution is 2.41. The third-order valence-electron chi connectivity index (χ3n) is 6.16. The van der Waals surface area contributed by atoms with Gasteiger partial charge >= 0.3 is 0 Å². The lowest BCUT2D eigenvalue weighted by Crippen LogP contribution is -2.50. The van der Waals surface area contributed by atoms with Crippen molar-refractivity contribution in [3.63, 3.8) is 0 Å². The molecule has 0 unspecified atom stereocenters. The Kier molecular flexibility index (Phi) is 6.61. The van der Waals surface area contributed by atoms with E-state index in [0.717, 1.165) is 37.4 Å². The summed E-state index contributed by atoms with van der Waals surface area (Å²) in [7, 11) is -0.114. The number of benzene rings is 2. The van der Waals surface area contributed by atoms with Crippen LogP contribution in [-0.2, 0) is 10.8 Å². The lowest BCUT2D eigenvalue weighted by molar-refractivity contribution is -0.0793. The van der Waals surface area contributed by atoms with Crippen LogP contribution in [0.15, 0.2) is 71.5 Å². The molecule has 2 radical (unpaired) electrons. The largest absolute Gasteiger partial charge is 0.405 e. The van der Waals surface area contributed by atoms with Crippen molar-refractivity contribution >= 4 is 41.8 Å². The van der Waals surface area contributed by atoms with Crippen molar-refractivity contribution < 1.29 is 13.2 Å². The summed E-state index contributed by atoms with van der Waals surface area (Å²) in [6, 6.07) is 16.7. The van der Waals surface area contributed by atoms with Crippen molar-refractivity contribution in [1.29, 1.82) is 0 Å². The summed E-state index contributed by atoms with van der Waals surface area (Å²) in [4.78, 5) is 6.46. The second kappa shape index (κ2) is 9.65. The Balaban J connectivity index is 1.44. The smallest absolute Gasteiger partial charge is 0.282 e. The van der Waals surface area contributed by atoms with Crippen LogP contribution in [0.25, 0.3) is 10.9 Å². The number of H-pyrrole nitrogens is 1. The highest BCUT2D eigenvalue weighted by atomic mass is 79.9. The molecule has 5 rings (SSSR count). The van der Waals surface area contributed by atoms with E-state index in [1.807, 2.05) is 72.6 Å². The number of pyridine rings is 1. The third-order valence-corrected chi connectivity index (χ3v) is 7.48. The molecule has 3 heterocycles. The van der Waals surface area contributed by atoms with E-state index in [4.69, 9.17) is 4.43 Å². The lowest BCUT2D eigenvalue weighted by Gasteiger charge is -2.43. The van der Waals surface area contributed by atoms with Crippen LogP contribution in [0.4, 0.5) is 8.78 Å². The van der Waals surface area contributed by atoms with Gasteiger partial charge in [0.05, 0.1) is 36.6 Å². The van der Waals surface area contributed by atoms with Gasteiger partial charge in [0, 0.05) is 22.1 Å². The van der Waals surface area contributed by atoms with Gasteiger partial charge in [-0.05, 0) is 63.8 Å². The van der Waals surface area contributed by atoms with Crippen LogP contribution in [0.2, 0.25) is 0 Å². The summed E-state index contributed by atoms with van der Waals surface area (Å²) >= 11 is 3.43. The molecule has 174 valence electrons. The van der Waals surface area contributed by atoms with E-state index in [1.165, 1.54) is 0 Å². The predicted octanol–water partition coefficient (Wildman–Crippen LogP) is 4.65. The first-order chi connectivity index (χ1) is 16.4. The molecule has 0 saturated carbocycles. The van der Waals surface area contributed by atoms with E-state index in [-0.39, 0.29) is 15.8 Å². The molecule has 0 spiro atoms. The Hall–Kier alpha value is -2.46. The average molecular weight is 541 g/mol. The van der Waals surface area contributed by atoms with Gasteiger partial charge in [-0.3, -0.25) is 15.0 Å². The monoisotopic (exact) mass is 540 g/mol. The maximum Gasteiger partial charge on any atom is 0.282 e. The number of aromatic nitrogens is 3. The summed E-state index contributed by atoms with van der Waals surface area (Å²) in [5.41, 5.74) is 3.81. The van der Waals surface area contributed by atoms with Crippen LogP contribution < -0.4 is 5.19 Å². The zero-order valence-electron chi connectivity index (χ0n) is 18.5. The molecule has 0 amide bonds. The van der Waals surface area contributed by atoms with Gasteiger partial charge < -0.3 is 4.43 Å². The van der Waals surface area contributed by atoms with Crippen LogP contribution in [-0.4, -0.2) is 55.0 Å². The van der Waals surface area contributed by atoms with Gasteiger partial charge in [-0.15, -0.1) is 0 Å². The number of fused-ring (bicyclic) bond motifs is 3. The minimum atomic E-state index is -3.01. The molecule has 0 bridgehead atoms. The van der Waals surface area contributed by atoms with Crippen molar-refractivity contribution in [2.45, 2.75) is 31.4 Å². The molecule has 0 fully saturated rings. The van der Waals surface area contributed by atoms with Gasteiger partial charge in [-0.25, -0.2) is 8.78 Å². The Morgan fingerprint density at radius 2 is 1.97 bits per heavy atom. The number of rotatable bonds is 7. The van der Waals surface area contributed by atoms with Gasteiger partial charge in [0.2, 0.25) is 0 Å². The Morgan fingerprint density at radius 3 is 2.74 bits per heavy atom. The number of hydrogen-bond donors (Lipinski definition) is 1. The summed E-state index contributed by atoms with van der Waals surface area (Å²) in [6.45, 7) is 0.951. The van der Waals surface area contributed by atoms with Crippen LogP contribution in [0.3, 0.4) is 0 Å². The molecule has 9 heteroatoms. The second-order valence-corrected chi connectivity index (χ2v) is 10.6. The first-order valence-electron chi connectivity index (χ1n) is 11.0. The van der Waals surface area contributed by atoms with Gasteiger partial charge in [-0.2, -0.15) is 5.10 Å². The molecule has 4 aromatic rings. The fourth-order valence-electron chi connectivity index (χ4n) is 4.59. The number of alkyl halides is 2.